The van der Waals surface area contributed by atoms with Crippen LogP contribution in [0, 0.1) is 0 Å². The van der Waals surface area contributed by atoms with E-state index in [4.69, 9.17) is 0 Å². The van der Waals surface area contributed by atoms with Crippen LogP contribution in [0.5, 0.6) is 0 Å². The number of hydrogen-bond acceptors (Lipinski definition) is 1. The minimum Gasteiger partial charge on any atom is -0.311 e. The maximum absolute atomic E-state index is 2.44. The van der Waals surface area contributed by atoms with Gasteiger partial charge in [0.2, 0.25) is 0 Å². The van der Waals surface area contributed by atoms with Crippen LogP contribution in [0.3, 0.4) is 0 Å². The molecule has 0 saturated carbocycles. The first-order valence-corrected chi connectivity index (χ1v) is 23.4. The third-order valence-electron chi connectivity index (χ3n) is 13.8. The summed E-state index contributed by atoms with van der Waals surface area (Å²) in [4.78, 5) is 2.37. The topological polar surface area (TPSA) is 8.17 Å². The van der Waals surface area contributed by atoms with E-state index < -0.39 is 0 Å². The van der Waals surface area contributed by atoms with Gasteiger partial charge in [0, 0.05) is 38.9 Å². The summed E-state index contributed by atoms with van der Waals surface area (Å²) in [5.41, 5.74) is 16.4. The molecular formula is C66H44N2. The zero-order valence-corrected chi connectivity index (χ0v) is 37.3. The molecule has 2 heteroatoms. The van der Waals surface area contributed by atoms with Gasteiger partial charge in [-0.25, -0.2) is 0 Å². The molecule has 0 atom stereocenters. The van der Waals surface area contributed by atoms with Crippen LogP contribution in [0.25, 0.3) is 104 Å². The Kier molecular flexibility index (Phi) is 9.54. The average Bonchev–Trinajstić information content (AvgIpc) is 3.76. The molecule has 0 radical (unpaired) electrons. The fourth-order valence-electron chi connectivity index (χ4n) is 10.3. The van der Waals surface area contributed by atoms with Crippen molar-refractivity contribution in [2.45, 2.75) is 0 Å². The van der Waals surface area contributed by atoms with Crippen LogP contribution in [0.1, 0.15) is 0 Å². The largest absolute Gasteiger partial charge is 0.311 e. The Bertz CT molecular complexity index is 3960. The smallest absolute Gasteiger partial charge is 0.0619 e. The molecule has 0 fully saturated rings. The van der Waals surface area contributed by atoms with E-state index in [0.717, 1.165) is 22.7 Å². The lowest BCUT2D eigenvalue weighted by atomic mass is 9.97. The van der Waals surface area contributed by atoms with E-state index in [2.05, 4.69) is 276 Å². The molecule has 1 aromatic heterocycles. The van der Waals surface area contributed by atoms with E-state index in [1.807, 2.05) is 0 Å². The van der Waals surface area contributed by atoms with Crippen LogP contribution in [-0.4, -0.2) is 4.57 Å². The highest BCUT2D eigenvalue weighted by Crippen LogP contribution is 2.41. The van der Waals surface area contributed by atoms with Crippen molar-refractivity contribution in [3.63, 3.8) is 0 Å². The van der Waals surface area contributed by atoms with Gasteiger partial charge in [-0.1, -0.05) is 206 Å². The summed E-state index contributed by atoms with van der Waals surface area (Å²) in [6, 6.07) is 97.4. The Hall–Kier alpha value is -8.98. The molecule has 1 heterocycles. The van der Waals surface area contributed by atoms with Crippen molar-refractivity contribution in [2.24, 2.45) is 0 Å². The summed E-state index contributed by atoms with van der Waals surface area (Å²) >= 11 is 0. The van der Waals surface area contributed by atoms with E-state index in [0.29, 0.717) is 0 Å². The summed E-state index contributed by atoms with van der Waals surface area (Å²) in [5.74, 6) is 0. The molecule has 318 valence electrons. The first-order chi connectivity index (χ1) is 33.7. The molecule has 0 aliphatic carbocycles. The van der Waals surface area contributed by atoms with Crippen molar-refractivity contribution in [2.75, 3.05) is 4.90 Å². The molecule has 2 nitrogen and oxygen atoms in total. The summed E-state index contributed by atoms with van der Waals surface area (Å²) in [6.07, 6.45) is 0. The Labute approximate surface area is 395 Å². The molecule has 0 spiro atoms. The number of para-hydroxylation sites is 1. The van der Waals surface area contributed by atoms with Crippen LogP contribution in [-0.2, 0) is 0 Å². The molecule has 0 bridgehead atoms. The second-order valence-corrected chi connectivity index (χ2v) is 17.7. The molecule has 68 heavy (non-hydrogen) atoms. The van der Waals surface area contributed by atoms with Gasteiger partial charge in [0.25, 0.3) is 0 Å². The maximum Gasteiger partial charge on any atom is 0.0619 e. The third-order valence-corrected chi connectivity index (χ3v) is 13.8. The van der Waals surface area contributed by atoms with Gasteiger partial charge in [-0.3, -0.25) is 0 Å². The fourth-order valence-corrected chi connectivity index (χ4v) is 10.3. The number of hydrogen-bond donors (Lipinski definition) is 0. The average molecular weight is 865 g/mol. The summed E-state index contributed by atoms with van der Waals surface area (Å²) in [7, 11) is 0. The molecule has 13 aromatic rings. The third kappa shape index (κ3) is 6.90. The monoisotopic (exact) mass is 864 g/mol. The molecule has 0 amide bonds. The summed E-state index contributed by atoms with van der Waals surface area (Å²) < 4.78 is 2.44. The SMILES string of the molecule is c1ccc(-c2ccc(-c3ccc(N(c4ccc(-c5ccc6ccc7ccccc7c6c5)cc4)c4ccc(-c5ccc6c7ccc8ccccc8c7n(-c7ccccc7)c6c5)cc4)cc3)cc2)cc1. The standard InChI is InChI=1S/C66H44N2/c1-3-11-45(12-4-1)46-19-21-47(22-20-46)48-27-35-57(36-28-48)67(58-37-29-49(30-38-58)54-26-25-53-24-23-51-13-7-9-17-60(51)64(53)43-54)59-39-31-50(32-40-59)55-34-41-62-63-42-33-52-14-8-10-18-61(52)66(63)68(65(62)44-55)56-15-5-2-6-16-56/h1-44H. The van der Waals surface area contributed by atoms with E-state index in [9.17, 15) is 0 Å². The van der Waals surface area contributed by atoms with Crippen molar-refractivity contribution in [1.29, 1.82) is 0 Å². The van der Waals surface area contributed by atoms with Gasteiger partial charge in [-0.15, -0.1) is 0 Å². The van der Waals surface area contributed by atoms with Crippen molar-refractivity contribution >= 4 is 71.2 Å². The van der Waals surface area contributed by atoms with Gasteiger partial charge in [-0.2, -0.15) is 0 Å². The van der Waals surface area contributed by atoms with E-state index in [1.165, 1.54) is 98.6 Å². The van der Waals surface area contributed by atoms with Crippen LogP contribution in [0.4, 0.5) is 17.1 Å². The highest BCUT2D eigenvalue weighted by molar-refractivity contribution is 6.19. The van der Waals surface area contributed by atoms with Gasteiger partial charge in [-0.05, 0) is 132 Å². The number of fused-ring (bicyclic) bond motifs is 8. The second-order valence-electron chi connectivity index (χ2n) is 17.7. The second kappa shape index (κ2) is 16.5. The lowest BCUT2D eigenvalue weighted by molar-refractivity contribution is 1.19. The van der Waals surface area contributed by atoms with Gasteiger partial charge in [0.1, 0.15) is 0 Å². The van der Waals surface area contributed by atoms with Crippen molar-refractivity contribution < 1.29 is 0 Å². The first-order valence-electron chi connectivity index (χ1n) is 23.4. The Morgan fingerprint density at radius 1 is 0.235 bits per heavy atom. The van der Waals surface area contributed by atoms with Crippen LogP contribution in [0.2, 0.25) is 0 Å². The van der Waals surface area contributed by atoms with Gasteiger partial charge in [0.15, 0.2) is 0 Å². The molecule has 0 unspecified atom stereocenters. The van der Waals surface area contributed by atoms with Crippen molar-refractivity contribution in [3.8, 4) is 50.2 Å². The number of rotatable bonds is 8. The fraction of sp³-hybridized carbons (Fsp3) is 0. The molecule has 12 aromatic carbocycles. The Balaban J connectivity index is 0.884. The minimum absolute atomic E-state index is 1.09. The minimum atomic E-state index is 1.09. The van der Waals surface area contributed by atoms with Crippen LogP contribution >= 0.6 is 0 Å². The number of nitrogens with zero attached hydrogens (tertiary/aromatic N) is 2. The number of anilines is 3. The van der Waals surface area contributed by atoms with Gasteiger partial charge in [0.05, 0.1) is 11.0 Å². The highest BCUT2D eigenvalue weighted by Gasteiger charge is 2.18. The van der Waals surface area contributed by atoms with E-state index in [1.54, 1.807) is 0 Å². The molecular weight excluding hydrogens is 821 g/mol. The van der Waals surface area contributed by atoms with Crippen molar-refractivity contribution in [3.05, 3.63) is 267 Å². The predicted octanol–water partition coefficient (Wildman–Crippen LogP) is 18.4. The molecule has 0 saturated heterocycles. The predicted molar refractivity (Wildman–Crippen MR) is 290 cm³/mol. The number of aromatic nitrogens is 1. The lowest BCUT2D eigenvalue weighted by Crippen LogP contribution is -2.09. The lowest BCUT2D eigenvalue weighted by Gasteiger charge is -2.26. The van der Waals surface area contributed by atoms with E-state index >= 15 is 0 Å². The molecule has 0 aliphatic rings. The Morgan fingerprint density at radius 2 is 0.618 bits per heavy atom. The quantitative estimate of drug-likeness (QED) is 0.138. The molecule has 0 aliphatic heterocycles. The van der Waals surface area contributed by atoms with Crippen LogP contribution in [0.15, 0.2) is 267 Å². The zero-order chi connectivity index (χ0) is 45.0. The van der Waals surface area contributed by atoms with Gasteiger partial charge >= 0.3 is 0 Å². The summed E-state index contributed by atoms with van der Waals surface area (Å²) in [6.45, 7) is 0. The highest BCUT2D eigenvalue weighted by atomic mass is 15.1. The Morgan fingerprint density at radius 3 is 1.22 bits per heavy atom. The van der Waals surface area contributed by atoms with Gasteiger partial charge < -0.3 is 9.47 Å². The van der Waals surface area contributed by atoms with Crippen molar-refractivity contribution in [1.82, 2.24) is 4.57 Å². The number of benzene rings is 12. The normalized spacial score (nSPS) is 11.5. The maximum atomic E-state index is 2.44. The first kappa shape index (κ1) is 39.4. The van der Waals surface area contributed by atoms with E-state index in [-0.39, 0.29) is 0 Å². The molecule has 0 N–H and O–H groups in total. The summed E-state index contributed by atoms with van der Waals surface area (Å²) in [5, 5.41) is 10.1. The molecule has 13 rings (SSSR count). The zero-order valence-electron chi connectivity index (χ0n) is 37.3. The van der Waals surface area contributed by atoms with Crippen LogP contribution < -0.4 is 4.90 Å².